The number of H-pyrrole nitrogens is 1. The quantitative estimate of drug-likeness (QED) is 0.490. The first kappa shape index (κ1) is 12.4. The minimum atomic E-state index is 0.0442. The molecule has 1 aliphatic rings. The van der Waals surface area contributed by atoms with Crippen molar-refractivity contribution >= 4 is 11.7 Å². The van der Waals surface area contributed by atoms with Gasteiger partial charge in [0.05, 0.1) is 0 Å². The van der Waals surface area contributed by atoms with Gasteiger partial charge in [-0.3, -0.25) is 14.8 Å². The number of amides is 1. The number of rotatable bonds is 5. The first-order valence-electron chi connectivity index (χ1n) is 6.10. The van der Waals surface area contributed by atoms with Crippen LogP contribution in [0.3, 0.4) is 0 Å². The average Bonchev–Trinajstić information content (AvgIpc) is 2.94. The second kappa shape index (κ2) is 5.55. The van der Waals surface area contributed by atoms with Crippen LogP contribution in [0.5, 0.6) is 0 Å². The molecule has 2 heterocycles. The molecule has 1 unspecified atom stereocenters. The van der Waals surface area contributed by atoms with E-state index in [0.717, 1.165) is 18.5 Å². The van der Waals surface area contributed by atoms with Crippen molar-refractivity contribution in [1.82, 2.24) is 10.2 Å². The zero-order valence-corrected chi connectivity index (χ0v) is 10.3. The van der Waals surface area contributed by atoms with Crippen molar-refractivity contribution < 1.29 is 4.79 Å². The third-order valence-electron chi connectivity index (χ3n) is 3.02. The summed E-state index contributed by atoms with van der Waals surface area (Å²) in [6.07, 6.45) is 2.39. The van der Waals surface area contributed by atoms with E-state index in [1.54, 1.807) is 4.90 Å². The molecule has 0 radical (unpaired) electrons. The van der Waals surface area contributed by atoms with E-state index in [1.807, 2.05) is 6.07 Å². The van der Waals surface area contributed by atoms with Gasteiger partial charge >= 0.3 is 0 Å². The van der Waals surface area contributed by atoms with Crippen LogP contribution in [-0.4, -0.2) is 29.2 Å². The van der Waals surface area contributed by atoms with E-state index >= 15 is 0 Å². The summed E-state index contributed by atoms with van der Waals surface area (Å²) < 4.78 is 0. The van der Waals surface area contributed by atoms with Gasteiger partial charge in [-0.15, -0.1) is 0 Å². The molecule has 18 heavy (non-hydrogen) atoms. The lowest BCUT2D eigenvalue weighted by atomic mass is 10.1. The zero-order valence-electron chi connectivity index (χ0n) is 10.3. The number of hydrogen-bond donors (Lipinski definition) is 1. The van der Waals surface area contributed by atoms with E-state index < -0.39 is 0 Å². The van der Waals surface area contributed by atoms with Crippen molar-refractivity contribution in [2.24, 2.45) is 11.0 Å². The van der Waals surface area contributed by atoms with Crippen LogP contribution in [0.4, 0.5) is 5.82 Å². The summed E-state index contributed by atoms with van der Waals surface area (Å²) in [7, 11) is 0. The number of azide groups is 1. The molecule has 1 aromatic rings. The summed E-state index contributed by atoms with van der Waals surface area (Å²) in [5.41, 5.74) is 9.32. The summed E-state index contributed by atoms with van der Waals surface area (Å²) in [6, 6.07) is 1.91. The number of carbonyl (C=O) groups excluding carboxylic acids is 1. The van der Waals surface area contributed by atoms with Gasteiger partial charge in [0, 0.05) is 36.2 Å². The Morgan fingerprint density at radius 2 is 2.56 bits per heavy atom. The Kier molecular flexibility index (Phi) is 3.84. The Bertz CT molecular complexity index is 476. The van der Waals surface area contributed by atoms with Crippen molar-refractivity contribution in [2.75, 3.05) is 18.0 Å². The highest BCUT2D eigenvalue weighted by Gasteiger charge is 2.31. The largest absolute Gasteiger partial charge is 0.295 e. The zero-order chi connectivity index (χ0) is 13.0. The van der Waals surface area contributed by atoms with Gasteiger partial charge in [-0.1, -0.05) is 18.5 Å². The molecule has 0 spiro atoms. The van der Waals surface area contributed by atoms with Crippen molar-refractivity contribution in [2.45, 2.75) is 26.2 Å². The molecule has 2 rings (SSSR count). The van der Waals surface area contributed by atoms with E-state index in [2.05, 4.69) is 27.1 Å². The maximum atomic E-state index is 11.9. The lowest BCUT2D eigenvalue weighted by Gasteiger charge is -2.12. The molecule has 1 fully saturated rings. The fourth-order valence-corrected chi connectivity index (χ4v) is 2.16. The maximum absolute atomic E-state index is 11.9. The normalized spacial score (nSPS) is 19.1. The van der Waals surface area contributed by atoms with Crippen LogP contribution in [0, 0.1) is 5.92 Å². The topological polar surface area (TPSA) is 97.8 Å². The summed E-state index contributed by atoms with van der Waals surface area (Å²) in [6.45, 7) is 3.04. The predicted molar refractivity (Wildman–Crippen MR) is 67.1 cm³/mol. The highest BCUT2D eigenvalue weighted by atomic mass is 16.2. The third kappa shape index (κ3) is 2.62. The van der Waals surface area contributed by atoms with E-state index in [4.69, 9.17) is 5.53 Å². The van der Waals surface area contributed by atoms with Crippen LogP contribution >= 0.6 is 0 Å². The van der Waals surface area contributed by atoms with Gasteiger partial charge in [0.1, 0.15) is 0 Å². The molecular weight excluding hydrogens is 232 g/mol. The summed E-state index contributed by atoms with van der Waals surface area (Å²) in [4.78, 5) is 16.2. The van der Waals surface area contributed by atoms with E-state index in [1.165, 1.54) is 0 Å². The molecule has 7 nitrogen and oxygen atoms in total. The molecule has 1 N–H and O–H groups in total. The summed E-state index contributed by atoms with van der Waals surface area (Å²) >= 11 is 0. The number of aryl methyl sites for hydroxylation is 1. The molecular formula is C11H16N6O. The Labute approximate surface area is 105 Å². The van der Waals surface area contributed by atoms with Crippen LogP contribution in [0.1, 0.15) is 25.5 Å². The van der Waals surface area contributed by atoms with Crippen LogP contribution in [0.2, 0.25) is 0 Å². The third-order valence-corrected chi connectivity index (χ3v) is 3.02. The number of nitrogens with zero attached hydrogens (tertiary/aromatic N) is 5. The highest BCUT2D eigenvalue weighted by molar-refractivity contribution is 5.94. The predicted octanol–water partition coefficient (Wildman–Crippen LogP) is 2.03. The van der Waals surface area contributed by atoms with Gasteiger partial charge in [0.15, 0.2) is 5.82 Å². The molecule has 1 aromatic heterocycles. The highest BCUT2D eigenvalue weighted by Crippen LogP contribution is 2.24. The maximum Gasteiger partial charge on any atom is 0.228 e. The Balaban J connectivity index is 2.04. The Morgan fingerprint density at radius 1 is 1.72 bits per heavy atom. The molecule has 0 aromatic carbocycles. The van der Waals surface area contributed by atoms with Gasteiger partial charge < -0.3 is 0 Å². The van der Waals surface area contributed by atoms with Crippen LogP contribution in [0.25, 0.3) is 10.4 Å². The van der Waals surface area contributed by atoms with Gasteiger partial charge in [0.25, 0.3) is 0 Å². The standard InChI is InChI=1S/C11H16N6O/c1-2-3-9-5-10(15-14-9)17-7-8(4-11(17)18)6-13-16-12/h5,8H,2-4,6-7H2,1H3,(H,14,15). The van der Waals surface area contributed by atoms with Crippen LogP contribution < -0.4 is 4.90 Å². The number of carbonyl (C=O) groups is 1. The molecule has 1 atom stereocenters. The molecule has 7 heteroatoms. The number of aromatic nitrogens is 2. The molecule has 1 amide bonds. The fraction of sp³-hybridized carbons (Fsp3) is 0.636. The van der Waals surface area contributed by atoms with Gasteiger partial charge in [0.2, 0.25) is 5.91 Å². The number of hydrogen-bond acceptors (Lipinski definition) is 3. The lowest BCUT2D eigenvalue weighted by Crippen LogP contribution is -2.25. The second-order valence-electron chi connectivity index (χ2n) is 4.49. The molecule has 0 bridgehead atoms. The molecule has 1 saturated heterocycles. The van der Waals surface area contributed by atoms with Crippen LogP contribution in [-0.2, 0) is 11.2 Å². The minimum absolute atomic E-state index is 0.0442. The van der Waals surface area contributed by atoms with Crippen molar-refractivity contribution in [3.63, 3.8) is 0 Å². The first-order valence-corrected chi connectivity index (χ1v) is 6.10. The van der Waals surface area contributed by atoms with Gasteiger partial charge in [-0.2, -0.15) is 5.10 Å². The number of anilines is 1. The first-order chi connectivity index (χ1) is 8.74. The van der Waals surface area contributed by atoms with Gasteiger partial charge in [-0.25, -0.2) is 0 Å². The summed E-state index contributed by atoms with van der Waals surface area (Å²) in [5, 5.41) is 10.6. The van der Waals surface area contributed by atoms with E-state index in [0.29, 0.717) is 25.3 Å². The SMILES string of the molecule is CCCc1cc(N2CC(CN=[N+]=[N-])CC2=O)n[nH]1. The number of aromatic amines is 1. The molecule has 0 aliphatic carbocycles. The second-order valence-corrected chi connectivity index (χ2v) is 4.49. The summed E-state index contributed by atoms with van der Waals surface area (Å²) in [5.74, 6) is 0.814. The minimum Gasteiger partial charge on any atom is -0.295 e. The average molecular weight is 248 g/mol. The van der Waals surface area contributed by atoms with E-state index in [-0.39, 0.29) is 11.8 Å². The molecule has 96 valence electrons. The van der Waals surface area contributed by atoms with Crippen molar-refractivity contribution in [1.29, 1.82) is 0 Å². The molecule has 1 aliphatic heterocycles. The van der Waals surface area contributed by atoms with Crippen molar-refractivity contribution in [3.05, 3.63) is 22.2 Å². The lowest BCUT2D eigenvalue weighted by molar-refractivity contribution is -0.117. The number of nitrogens with one attached hydrogen (secondary N) is 1. The van der Waals surface area contributed by atoms with Crippen LogP contribution in [0.15, 0.2) is 11.2 Å². The Hall–Kier alpha value is -2.01. The molecule has 0 saturated carbocycles. The smallest absolute Gasteiger partial charge is 0.228 e. The Morgan fingerprint density at radius 3 is 3.28 bits per heavy atom. The monoisotopic (exact) mass is 248 g/mol. The van der Waals surface area contributed by atoms with E-state index in [9.17, 15) is 4.79 Å². The fourth-order valence-electron chi connectivity index (χ4n) is 2.16. The van der Waals surface area contributed by atoms with Crippen molar-refractivity contribution in [3.8, 4) is 0 Å². The van der Waals surface area contributed by atoms with Gasteiger partial charge in [-0.05, 0) is 17.9 Å².